The van der Waals surface area contributed by atoms with Crippen molar-refractivity contribution in [2.24, 2.45) is 17.8 Å². The van der Waals surface area contributed by atoms with Crippen molar-refractivity contribution in [3.63, 3.8) is 0 Å². The maximum atomic E-state index is 13.8. The average molecular weight is 434 g/mol. The molecule has 0 spiro atoms. The molecule has 30 heavy (non-hydrogen) atoms. The first-order chi connectivity index (χ1) is 14.1. The fraction of sp³-hybridized carbons (Fsp3) is 0.652. The van der Waals surface area contributed by atoms with E-state index in [0.717, 1.165) is 51.7 Å². The molecule has 7 heteroatoms. The Labute approximate surface area is 173 Å². The monoisotopic (exact) mass is 434 g/mol. The van der Waals surface area contributed by atoms with Gasteiger partial charge in [0.15, 0.2) is 0 Å². The number of methoxy groups -OCH3 is 1. The Bertz CT molecular complexity index is 735. The Kier molecular flexibility index (Phi) is 6.78. The van der Waals surface area contributed by atoms with Crippen LogP contribution in [0.5, 0.6) is 5.75 Å². The molecule has 0 aromatic heterocycles. The molecule has 2 saturated carbocycles. The standard InChI is InChI=1S/C23H28F6O/c1-3-14-4-6-15(7-5-14)16-8-10-17(11-9-16)18-12-13-19(30-2)21(23(27,28)29)20(18)22(24,25)26/h3,12-17H,1,4-11H2,2H3. The van der Waals surface area contributed by atoms with E-state index in [0.29, 0.717) is 30.6 Å². The highest BCUT2D eigenvalue weighted by molar-refractivity contribution is 5.50. The van der Waals surface area contributed by atoms with E-state index in [1.165, 1.54) is 6.07 Å². The summed E-state index contributed by atoms with van der Waals surface area (Å²) in [6, 6.07) is 2.20. The van der Waals surface area contributed by atoms with Crippen LogP contribution in [0.15, 0.2) is 24.8 Å². The quantitative estimate of drug-likeness (QED) is 0.345. The van der Waals surface area contributed by atoms with Crippen molar-refractivity contribution in [2.75, 3.05) is 7.11 Å². The van der Waals surface area contributed by atoms with Gasteiger partial charge in [0.25, 0.3) is 0 Å². The van der Waals surface area contributed by atoms with Gasteiger partial charge in [-0.1, -0.05) is 12.1 Å². The maximum Gasteiger partial charge on any atom is 0.420 e. The predicted octanol–water partition coefficient (Wildman–Crippen LogP) is 8.00. The normalized spacial score (nSPS) is 28.2. The van der Waals surface area contributed by atoms with E-state index in [2.05, 4.69) is 11.3 Å². The van der Waals surface area contributed by atoms with Gasteiger partial charge in [0.05, 0.1) is 12.7 Å². The molecule has 0 atom stereocenters. The molecule has 2 aliphatic rings. The molecule has 1 nitrogen and oxygen atoms in total. The lowest BCUT2D eigenvalue weighted by Gasteiger charge is -2.38. The van der Waals surface area contributed by atoms with E-state index in [1.807, 2.05) is 6.08 Å². The van der Waals surface area contributed by atoms with E-state index in [1.54, 1.807) is 0 Å². The van der Waals surface area contributed by atoms with Gasteiger partial charge in [-0.25, -0.2) is 0 Å². The van der Waals surface area contributed by atoms with E-state index in [-0.39, 0.29) is 5.56 Å². The Morgan fingerprint density at radius 1 is 0.800 bits per heavy atom. The van der Waals surface area contributed by atoms with Gasteiger partial charge < -0.3 is 4.74 Å². The molecule has 3 rings (SSSR count). The van der Waals surface area contributed by atoms with Crippen molar-refractivity contribution < 1.29 is 31.1 Å². The number of rotatable bonds is 4. The van der Waals surface area contributed by atoms with Gasteiger partial charge in [0.2, 0.25) is 0 Å². The molecule has 0 unspecified atom stereocenters. The van der Waals surface area contributed by atoms with E-state index in [4.69, 9.17) is 0 Å². The number of benzene rings is 1. The largest absolute Gasteiger partial charge is 0.496 e. The van der Waals surface area contributed by atoms with Crippen LogP contribution in [0, 0.1) is 17.8 Å². The second kappa shape index (κ2) is 8.83. The first kappa shape index (κ1) is 23.0. The Morgan fingerprint density at radius 2 is 1.30 bits per heavy atom. The molecule has 0 amide bonds. The van der Waals surface area contributed by atoms with E-state index < -0.39 is 35.1 Å². The minimum atomic E-state index is -5.15. The van der Waals surface area contributed by atoms with Gasteiger partial charge >= 0.3 is 12.4 Å². The van der Waals surface area contributed by atoms with Crippen LogP contribution in [0.1, 0.15) is 74.0 Å². The second-order valence-corrected chi connectivity index (χ2v) is 8.62. The van der Waals surface area contributed by atoms with Gasteiger partial charge in [-0.3, -0.25) is 0 Å². The minimum absolute atomic E-state index is 0.246. The number of ether oxygens (including phenoxy) is 1. The van der Waals surface area contributed by atoms with Crippen LogP contribution in [-0.2, 0) is 12.4 Å². The molecule has 0 radical (unpaired) electrons. The summed E-state index contributed by atoms with van der Waals surface area (Å²) in [6.45, 7) is 3.85. The maximum absolute atomic E-state index is 13.8. The number of alkyl halides is 6. The summed E-state index contributed by atoms with van der Waals surface area (Å²) in [6.07, 6.45) is -1.37. The second-order valence-electron chi connectivity index (χ2n) is 8.62. The smallest absolute Gasteiger partial charge is 0.420 e. The van der Waals surface area contributed by atoms with Gasteiger partial charge in [0, 0.05) is 0 Å². The first-order valence-corrected chi connectivity index (χ1v) is 10.5. The highest BCUT2D eigenvalue weighted by Gasteiger charge is 2.48. The summed E-state index contributed by atoms with van der Waals surface area (Å²) in [5.41, 5.74) is -3.53. The zero-order valence-corrected chi connectivity index (χ0v) is 17.1. The van der Waals surface area contributed by atoms with E-state index >= 15 is 0 Å². The van der Waals surface area contributed by atoms with Gasteiger partial charge in [0.1, 0.15) is 11.3 Å². The van der Waals surface area contributed by atoms with Gasteiger partial charge in [-0.05, 0) is 86.7 Å². The van der Waals surface area contributed by atoms with Crippen molar-refractivity contribution in [3.05, 3.63) is 41.5 Å². The van der Waals surface area contributed by atoms with E-state index in [9.17, 15) is 26.3 Å². The van der Waals surface area contributed by atoms with Crippen LogP contribution in [0.2, 0.25) is 0 Å². The van der Waals surface area contributed by atoms with Gasteiger partial charge in [-0.15, -0.1) is 6.58 Å². The molecule has 0 heterocycles. The summed E-state index contributed by atoms with van der Waals surface area (Å²) in [7, 11) is 0.955. The number of hydrogen-bond acceptors (Lipinski definition) is 1. The molecule has 1 aromatic rings. The predicted molar refractivity (Wildman–Crippen MR) is 103 cm³/mol. The average Bonchev–Trinajstić information content (AvgIpc) is 2.71. The molecule has 168 valence electrons. The Balaban J connectivity index is 1.83. The Morgan fingerprint density at radius 3 is 1.73 bits per heavy atom. The van der Waals surface area contributed by atoms with Crippen LogP contribution >= 0.6 is 0 Å². The summed E-state index contributed by atoms with van der Waals surface area (Å²) in [4.78, 5) is 0. The van der Waals surface area contributed by atoms with Crippen LogP contribution in [0.25, 0.3) is 0 Å². The molecule has 0 N–H and O–H groups in total. The van der Waals surface area contributed by atoms with Crippen LogP contribution in [0.4, 0.5) is 26.3 Å². The number of halogens is 6. The third-order valence-electron chi connectivity index (χ3n) is 7.01. The fourth-order valence-corrected chi connectivity index (χ4v) is 5.45. The summed E-state index contributed by atoms with van der Waals surface area (Å²) in [5.74, 6) is 0.250. The van der Waals surface area contributed by atoms with Crippen molar-refractivity contribution in [1.82, 2.24) is 0 Å². The first-order valence-electron chi connectivity index (χ1n) is 10.5. The third-order valence-corrected chi connectivity index (χ3v) is 7.01. The molecule has 0 saturated heterocycles. The summed E-state index contributed by atoms with van der Waals surface area (Å²) in [5, 5.41) is 0. The highest BCUT2D eigenvalue weighted by Crippen LogP contribution is 2.51. The molecule has 2 fully saturated rings. The SMILES string of the molecule is C=CC1CCC(C2CCC(c3ccc(OC)c(C(F)(F)F)c3C(F)(F)F)CC2)CC1. The minimum Gasteiger partial charge on any atom is -0.496 e. The lowest BCUT2D eigenvalue weighted by atomic mass is 9.68. The van der Waals surface area contributed by atoms with Crippen LogP contribution < -0.4 is 4.74 Å². The Hall–Kier alpha value is -1.66. The van der Waals surface area contributed by atoms with Crippen LogP contribution in [-0.4, -0.2) is 7.11 Å². The van der Waals surface area contributed by atoms with Gasteiger partial charge in [-0.2, -0.15) is 26.3 Å². The molecule has 0 bridgehead atoms. The highest BCUT2D eigenvalue weighted by atomic mass is 19.4. The molecule has 0 aliphatic heterocycles. The lowest BCUT2D eigenvalue weighted by molar-refractivity contribution is -0.163. The number of hydrogen-bond donors (Lipinski definition) is 0. The number of allylic oxidation sites excluding steroid dienone is 1. The summed E-state index contributed by atoms with van der Waals surface area (Å²) < 4.78 is 86.6. The molecular weight excluding hydrogens is 406 g/mol. The zero-order valence-electron chi connectivity index (χ0n) is 17.1. The molecule has 1 aromatic carbocycles. The topological polar surface area (TPSA) is 9.23 Å². The zero-order chi connectivity index (χ0) is 22.1. The molecular formula is C23H28F6O. The third kappa shape index (κ3) is 4.80. The van der Waals surface area contributed by atoms with Crippen molar-refractivity contribution in [3.8, 4) is 5.75 Å². The fourth-order valence-electron chi connectivity index (χ4n) is 5.45. The van der Waals surface area contributed by atoms with Crippen molar-refractivity contribution in [1.29, 1.82) is 0 Å². The van der Waals surface area contributed by atoms with Crippen molar-refractivity contribution in [2.45, 2.75) is 69.6 Å². The summed E-state index contributed by atoms with van der Waals surface area (Å²) >= 11 is 0. The van der Waals surface area contributed by atoms with Crippen molar-refractivity contribution >= 4 is 0 Å². The molecule has 2 aliphatic carbocycles. The lowest BCUT2D eigenvalue weighted by Crippen LogP contribution is -2.26. The van der Waals surface area contributed by atoms with Crippen LogP contribution in [0.3, 0.4) is 0 Å².